The van der Waals surface area contributed by atoms with Crippen LogP contribution in [0.3, 0.4) is 0 Å². The molecule has 1 aliphatic heterocycles. The summed E-state index contributed by atoms with van der Waals surface area (Å²) < 4.78 is 0. The van der Waals surface area contributed by atoms with Crippen LogP contribution < -0.4 is 15.5 Å². The van der Waals surface area contributed by atoms with Gasteiger partial charge in [0.15, 0.2) is 5.96 Å². The second kappa shape index (κ2) is 8.52. The number of hydrogen-bond donors (Lipinski definition) is 2. The minimum absolute atomic E-state index is 0.0580. The molecule has 2 aromatic carbocycles. The fourth-order valence-corrected chi connectivity index (χ4v) is 3.26. The van der Waals surface area contributed by atoms with Crippen molar-refractivity contribution in [1.29, 1.82) is 0 Å². The van der Waals surface area contributed by atoms with Crippen molar-refractivity contribution in [2.75, 3.05) is 31.6 Å². The van der Waals surface area contributed by atoms with Gasteiger partial charge in [0.2, 0.25) is 0 Å². The number of amides is 1. The van der Waals surface area contributed by atoms with Crippen LogP contribution in [-0.4, -0.2) is 38.5 Å². The molecule has 1 heterocycles. The highest BCUT2D eigenvalue weighted by Crippen LogP contribution is 2.27. The molecule has 26 heavy (non-hydrogen) atoms. The van der Waals surface area contributed by atoms with Crippen LogP contribution in [0.2, 0.25) is 0 Å². The zero-order chi connectivity index (χ0) is 18.4. The molecule has 0 saturated heterocycles. The van der Waals surface area contributed by atoms with Gasteiger partial charge in [-0.15, -0.1) is 0 Å². The molecule has 0 aliphatic carbocycles. The zero-order valence-electron chi connectivity index (χ0n) is 15.5. The quantitative estimate of drug-likeness (QED) is 0.644. The number of carbonyl (C=O) groups is 1. The second-order valence-corrected chi connectivity index (χ2v) is 6.30. The molecule has 1 aliphatic rings. The molecule has 0 unspecified atom stereocenters. The minimum Gasteiger partial charge on any atom is -0.356 e. The van der Waals surface area contributed by atoms with Crippen LogP contribution in [-0.2, 0) is 12.8 Å². The van der Waals surface area contributed by atoms with Crippen LogP contribution in [0.25, 0.3) is 0 Å². The minimum atomic E-state index is -0.0580. The van der Waals surface area contributed by atoms with Crippen molar-refractivity contribution in [3.05, 3.63) is 65.2 Å². The molecule has 0 bridgehead atoms. The van der Waals surface area contributed by atoms with E-state index in [1.54, 1.807) is 7.05 Å². The van der Waals surface area contributed by atoms with Gasteiger partial charge in [-0.2, -0.15) is 0 Å². The van der Waals surface area contributed by atoms with Crippen LogP contribution in [0, 0.1) is 0 Å². The van der Waals surface area contributed by atoms with Crippen LogP contribution in [0.15, 0.2) is 53.5 Å². The number of anilines is 1. The van der Waals surface area contributed by atoms with E-state index in [0.717, 1.165) is 37.5 Å². The molecule has 1 amide bonds. The Morgan fingerprint density at radius 3 is 2.85 bits per heavy atom. The summed E-state index contributed by atoms with van der Waals surface area (Å²) in [5.74, 6) is 0.872. The zero-order valence-corrected chi connectivity index (χ0v) is 15.5. The first-order valence-electron chi connectivity index (χ1n) is 9.17. The predicted octanol–water partition coefficient (Wildman–Crippen LogP) is 2.62. The Balaban J connectivity index is 1.70. The number of carbonyl (C=O) groups excluding carboxylic acids is 1. The van der Waals surface area contributed by atoms with Crippen molar-refractivity contribution < 1.29 is 4.79 Å². The van der Waals surface area contributed by atoms with Gasteiger partial charge in [-0.3, -0.25) is 9.79 Å². The summed E-state index contributed by atoms with van der Waals surface area (Å²) in [6.07, 6.45) is 1.85. The molecule has 136 valence electrons. The normalized spacial score (nSPS) is 13.5. The molecule has 0 fully saturated rings. The van der Waals surface area contributed by atoms with Gasteiger partial charge in [-0.05, 0) is 49.1 Å². The van der Waals surface area contributed by atoms with E-state index in [0.29, 0.717) is 12.1 Å². The molecule has 0 atom stereocenters. The first-order valence-corrected chi connectivity index (χ1v) is 9.17. The Morgan fingerprint density at radius 2 is 2.04 bits per heavy atom. The predicted molar refractivity (Wildman–Crippen MR) is 107 cm³/mol. The number of hydrogen-bond acceptors (Lipinski definition) is 2. The van der Waals surface area contributed by atoms with E-state index in [-0.39, 0.29) is 5.91 Å². The average molecular weight is 350 g/mol. The summed E-state index contributed by atoms with van der Waals surface area (Å²) in [6.45, 7) is 4.56. The Labute approximate surface area is 155 Å². The van der Waals surface area contributed by atoms with Crippen molar-refractivity contribution in [2.45, 2.75) is 19.8 Å². The summed E-state index contributed by atoms with van der Waals surface area (Å²) in [7, 11) is 1.65. The Hall–Kier alpha value is -2.82. The summed E-state index contributed by atoms with van der Waals surface area (Å²) in [6, 6.07) is 16.2. The Bertz CT molecular complexity index is 800. The summed E-state index contributed by atoms with van der Waals surface area (Å²) in [5, 5.41) is 6.07. The number of fused-ring (bicyclic) bond motifs is 1. The monoisotopic (exact) mass is 350 g/mol. The van der Waals surface area contributed by atoms with Crippen LogP contribution in [0.4, 0.5) is 5.69 Å². The molecule has 3 rings (SSSR count). The van der Waals surface area contributed by atoms with E-state index in [9.17, 15) is 4.79 Å². The van der Waals surface area contributed by atoms with Crippen LogP contribution >= 0.6 is 0 Å². The average Bonchev–Trinajstić information content (AvgIpc) is 3.11. The first-order chi connectivity index (χ1) is 12.7. The summed E-state index contributed by atoms with van der Waals surface area (Å²) in [4.78, 5) is 18.8. The van der Waals surface area contributed by atoms with Crippen molar-refractivity contribution >= 4 is 17.6 Å². The second-order valence-electron chi connectivity index (χ2n) is 6.30. The maximum atomic E-state index is 11.8. The highest BCUT2D eigenvalue weighted by atomic mass is 16.1. The smallest absolute Gasteiger partial charge is 0.251 e. The number of nitrogens with zero attached hydrogens (tertiary/aromatic N) is 2. The molecule has 5 nitrogen and oxygen atoms in total. The van der Waals surface area contributed by atoms with Gasteiger partial charge >= 0.3 is 0 Å². The molecule has 2 N–H and O–H groups in total. The van der Waals surface area contributed by atoms with Crippen molar-refractivity contribution in [2.24, 2.45) is 4.99 Å². The number of rotatable bonds is 5. The lowest BCUT2D eigenvalue weighted by Gasteiger charge is -2.22. The molecule has 0 radical (unpaired) electrons. The van der Waals surface area contributed by atoms with E-state index >= 15 is 0 Å². The maximum Gasteiger partial charge on any atom is 0.251 e. The topological polar surface area (TPSA) is 56.7 Å². The molecule has 5 heteroatoms. The van der Waals surface area contributed by atoms with Crippen LogP contribution in [0.1, 0.15) is 28.4 Å². The molecule has 2 aromatic rings. The van der Waals surface area contributed by atoms with Crippen LogP contribution in [0.5, 0.6) is 0 Å². The van der Waals surface area contributed by atoms with E-state index < -0.39 is 0 Å². The third kappa shape index (κ3) is 4.04. The third-order valence-corrected chi connectivity index (χ3v) is 4.56. The van der Waals surface area contributed by atoms with Gasteiger partial charge in [0, 0.05) is 37.9 Å². The lowest BCUT2D eigenvalue weighted by Crippen LogP contribution is -2.40. The van der Waals surface area contributed by atoms with Gasteiger partial charge in [0.1, 0.15) is 0 Å². The lowest BCUT2D eigenvalue weighted by atomic mass is 10.1. The molecule has 0 aromatic heterocycles. The lowest BCUT2D eigenvalue weighted by molar-refractivity contribution is 0.0963. The fraction of sp³-hybridized carbons (Fsp3) is 0.333. The SMILES string of the molecule is CCNC(=NCCc1cccc(C(=O)NC)c1)N1CCc2ccccc21. The van der Waals surface area contributed by atoms with Crippen molar-refractivity contribution in [1.82, 2.24) is 10.6 Å². The van der Waals surface area contributed by atoms with E-state index in [1.165, 1.54) is 11.3 Å². The van der Waals surface area contributed by atoms with E-state index in [2.05, 4.69) is 46.7 Å². The number of benzene rings is 2. The van der Waals surface area contributed by atoms with Gasteiger partial charge in [0.25, 0.3) is 5.91 Å². The fourth-order valence-electron chi connectivity index (χ4n) is 3.26. The molecule has 0 spiro atoms. The molecular formula is C21H26N4O. The third-order valence-electron chi connectivity index (χ3n) is 4.56. The number of para-hydroxylation sites is 1. The van der Waals surface area contributed by atoms with E-state index in [4.69, 9.17) is 4.99 Å². The molecular weight excluding hydrogens is 324 g/mol. The highest BCUT2D eigenvalue weighted by molar-refractivity contribution is 5.98. The first kappa shape index (κ1) is 18.0. The van der Waals surface area contributed by atoms with Crippen molar-refractivity contribution in [3.63, 3.8) is 0 Å². The van der Waals surface area contributed by atoms with Gasteiger partial charge in [-0.1, -0.05) is 30.3 Å². The van der Waals surface area contributed by atoms with Gasteiger partial charge < -0.3 is 15.5 Å². The number of aliphatic imine (C=N–C) groups is 1. The van der Waals surface area contributed by atoms with Gasteiger partial charge in [0.05, 0.1) is 0 Å². The van der Waals surface area contributed by atoms with Crippen molar-refractivity contribution in [3.8, 4) is 0 Å². The largest absolute Gasteiger partial charge is 0.356 e. The van der Waals surface area contributed by atoms with E-state index in [1.807, 2.05) is 24.3 Å². The Morgan fingerprint density at radius 1 is 1.19 bits per heavy atom. The summed E-state index contributed by atoms with van der Waals surface area (Å²) in [5.41, 5.74) is 4.42. The highest BCUT2D eigenvalue weighted by Gasteiger charge is 2.22. The van der Waals surface area contributed by atoms with Gasteiger partial charge in [-0.25, -0.2) is 0 Å². The standard InChI is InChI=1S/C21H26N4O/c1-3-23-21(25-14-12-17-8-4-5-10-19(17)25)24-13-11-16-7-6-9-18(15-16)20(26)22-2/h4-10,15H,3,11-14H2,1-2H3,(H,22,26)(H,23,24). The Kier molecular flexibility index (Phi) is 5.89. The molecule has 0 saturated carbocycles. The maximum absolute atomic E-state index is 11.8. The number of nitrogens with one attached hydrogen (secondary N) is 2. The number of guanidine groups is 1. The summed E-state index contributed by atoms with van der Waals surface area (Å²) >= 11 is 0.